The second kappa shape index (κ2) is 8.38. The lowest BCUT2D eigenvalue weighted by Gasteiger charge is -2.19. The van der Waals surface area contributed by atoms with Gasteiger partial charge in [0.25, 0.3) is 0 Å². The first-order valence-electron chi connectivity index (χ1n) is 9.12. The first-order chi connectivity index (χ1) is 13.7. The van der Waals surface area contributed by atoms with E-state index in [2.05, 4.69) is 58.8 Å². The lowest BCUT2D eigenvalue weighted by Crippen LogP contribution is -2.22. The van der Waals surface area contributed by atoms with Crippen LogP contribution in [0.15, 0.2) is 83.3 Å². The molecule has 0 aliphatic rings. The van der Waals surface area contributed by atoms with Crippen LogP contribution in [-0.2, 0) is 6.54 Å². The summed E-state index contributed by atoms with van der Waals surface area (Å²) in [6.45, 7) is 2.56. The third kappa shape index (κ3) is 4.30. The van der Waals surface area contributed by atoms with Crippen molar-refractivity contribution in [2.45, 2.75) is 19.5 Å². The van der Waals surface area contributed by atoms with Crippen LogP contribution in [0.25, 0.3) is 11.5 Å². The summed E-state index contributed by atoms with van der Waals surface area (Å²) in [5, 5.41) is 12.5. The quantitative estimate of drug-likeness (QED) is 0.467. The van der Waals surface area contributed by atoms with Crippen LogP contribution in [0.4, 0.5) is 0 Å². The summed E-state index contributed by atoms with van der Waals surface area (Å²) < 4.78 is 5.82. The fourth-order valence-electron chi connectivity index (χ4n) is 3.06. The molecule has 4 aromatic rings. The molecule has 0 spiro atoms. The topological polar surface area (TPSA) is 51.0 Å². The van der Waals surface area contributed by atoms with Gasteiger partial charge in [0.05, 0.1) is 12.6 Å². The predicted octanol–water partition coefficient (Wildman–Crippen LogP) is 5.58. The Kier molecular flexibility index (Phi) is 5.51. The van der Waals surface area contributed by atoms with Gasteiger partial charge in [0.2, 0.25) is 11.8 Å². The number of hydrogen-bond donors (Lipinski definition) is 1. The van der Waals surface area contributed by atoms with E-state index in [1.54, 1.807) is 0 Å². The third-order valence-corrected chi connectivity index (χ3v) is 4.81. The molecular formula is C23H20ClN3O. The summed E-state index contributed by atoms with van der Waals surface area (Å²) in [6.07, 6.45) is 0. The van der Waals surface area contributed by atoms with E-state index in [1.807, 2.05) is 42.5 Å². The Labute approximate surface area is 169 Å². The van der Waals surface area contributed by atoms with Gasteiger partial charge in [0, 0.05) is 10.6 Å². The van der Waals surface area contributed by atoms with Gasteiger partial charge in [-0.2, -0.15) is 0 Å². The maximum atomic E-state index is 5.94. The van der Waals surface area contributed by atoms with Crippen LogP contribution in [0.2, 0.25) is 5.02 Å². The monoisotopic (exact) mass is 389 g/mol. The largest absolute Gasteiger partial charge is 0.419 e. The standard InChI is InChI=1S/C23H20ClN3O/c1-16-7-9-18(10-8-16)22(17-5-3-2-4-6-17)25-15-21-26-27-23(28-21)19-11-13-20(24)14-12-19/h2-14,22,25H,15H2,1H3/t22-/m1/s1. The van der Waals surface area contributed by atoms with Crippen molar-refractivity contribution in [3.8, 4) is 11.5 Å². The minimum atomic E-state index is 0.0349. The predicted molar refractivity (Wildman–Crippen MR) is 111 cm³/mol. The molecule has 4 rings (SSSR count). The van der Waals surface area contributed by atoms with Gasteiger partial charge in [-0.1, -0.05) is 71.8 Å². The Morgan fingerprint density at radius 3 is 2.25 bits per heavy atom. The summed E-state index contributed by atoms with van der Waals surface area (Å²) in [7, 11) is 0. The van der Waals surface area contributed by atoms with Gasteiger partial charge in [-0.3, -0.25) is 5.32 Å². The SMILES string of the molecule is Cc1ccc([C@H](NCc2nnc(-c3ccc(Cl)cc3)o2)c2ccccc2)cc1. The first-order valence-corrected chi connectivity index (χ1v) is 9.50. The van der Waals surface area contributed by atoms with Gasteiger partial charge >= 0.3 is 0 Å². The van der Waals surface area contributed by atoms with E-state index < -0.39 is 0 Å². The number of aryl methyl sites for hydroxylation is 1. The molecule has 4 nitrogen and oxygen atoms in total. The van der Waals surface area contributed by atoms with E-state index in [0.29, 0.717) is 23.3 Å². The fourth-order valence-corrected chi connectivity index (χ4v) is 3.18. The molecular weight excluding hydrogens is 370 g/mol. The normalized spacial score (nSPS) is 12.1. The molecule has 140 valence electrons. The molecule has 0 unspecified atom stereocenters. The fraction of sp³-hybridized carbons (Fsp3) is 0.130. The maximum Gasteiger partial charge on any atom is 0.247 e. The second-order valence-corrected chi connectivity index (χ2v) is 7.08. The lowest BCUT2D eigenvalue weighted by atomic mass is 9.98. The molecule has 0 fully saturated rings. The molecule has 1 N–H and O–H groups in total. The molecule has 1 heterocycles. The van der Waals surface area contributed by atoms with Crippen molar-refractivity contribution in [1.29, 1.82) is 0 Å². The van der Waals surface area contributed by atoms with Crippen LogP contribution in [0.3, 0.4) is 0 Å². The van der Waals surface area contributed by atoms with E-state index in [1.165, 1.54) is 16.7 Å². The number of nitrogens with one attached hydrogen (secondary N) is 1. The number of halogens is 1. The Morgan fingerprint density at radius 1 is 0.857 bits per heavy atom. The minimum Gasteiger partial charge on any atom is -0.419 e. The van der Waals surface area contributed by atoms with Crippen molar-refractivity contribution in [3.63, 3.8) is 0 Å². The zero-order chi connectivity index (χ0) is 19.3. The lowest BCUT2D eigenvalue weighted by molar-refractivity contribution is 0.462. The molecule has 0 bridgehead atoms. The average molecular weight is 390 g/mol. The highest BCUT2D eigenvalue weighted by atomic mass is 35.5. The maximum absolute atomic E-state index is 5.94. The molecule has 1 aromatic heterocycles. The molecule has 1 atom stereocenters. The molecule has 0 aliphatic heterocycles. The first kappa shape index (κ1) is 18.4. The van der Waals surface area contributed by atoms with Crippen LogP contribution in [0.1, 0.15) is 28.6 Å². The molecule has 5 heteroatoms. The Bertz CT molecular complexity index is 1030. The summed E-state index contributed by atoms with van der Waals surface area (Å²) in [6, 6.07) is 26.3. The van der Waals surface area contributed by atoms with E-state index in [4.69, 9.17) is 16.0 Å². The van der Waals surface area contributed by atoms with Gasteiger partial charge in [0.15, 0.2) is 0 Å². The van der Waals surface area contributed by atoms with Crippen molar-refractivity contribution >= 4 is 11.6 Å². The van der Waals surface area contributed by atoms with Gasteiger partial charge in [-0.05, 0) is 42.3 Å². The number of rotatable bonds is 6. The Morgan fingerprint density at radius 2 is 1.54 bits per heavy atom. The highest BCUT2D eigenvalue weighted by Crippen LogP contribution is 2.24. The molecule has 28 heavy (non-hydrogen) atoms. The van der Waals surface area contributed by atoms with Crippen LogP contribution < -0.4 is 5.32 Å². The van der Waals surface area contributed by atoms with Crippen LogP contribution in [-0.4, -0.2) is 10.2 Å². The highest BCUT2D eigenvalue weighted by molar-refractivity contribution is 6.30. The second-order valence-electron chi connectivity index (χ2n) is 6.64. The minimum absolute atomic E-state index is 0.0349. The van der Waals surface area contributed by atoms with Gasteiger partial charge in [-0.25, -0.2) is 0 Å². The molecule has 3 aromatic carbocycles. The van der Waals surface area contributed by atoms with Gasteiger partial charge < -0.3 is 4.42 Å². The van der Waals surface area contributed by atoms with Crippen LogP contribution >= 0.6 is 11.6 Å². The van der Waals surface area contributed by atoms with Gasteiger partial charge in [-0.15, -0.1) is 10.2 Å². The molecule has 0 radical (unpaired) electrons. The molecule has 0 amide bonds. The smallest absolute Gasteiger partial charge is 0.247 e. The van der Waals surface area contributed by atoms with E-state index in [-0.39, 0.29) is 6.04 Å². The number of nitrogens with zero attached hydrogens (tertiary/aromatic N) is 2. The van der Waals surface area contributed by atoms with E-state index >= 15 is 0 Å². The van der Waals surface area contributed by atoms with Gasteiger partial charge in [0.1, 0.15) is 0 Å². The van der Waals surface area contributed by atoms with Crippen molar-refractivity contribution in [2.24, 2.45) is 0 Å². The van der Waals surface area contributed by atoms with Crippen molar-refractivity contribution in [1.82, 2.24) is 15.5 Å². The van der Waals surface area contributed by atoms with Crippen molar-refractivity contribution in [3.05, 3.63) is 106 Å². The van der Waals surface area contributed by atoms with Crippen molar-refractivity contribution < 1.29 is 4.42 Å². The van der Waals surface area contributed by atoms with Crippen molar-refractivity contribution in [2.75, 3.05) is 0 Å². The number of hydrogen-bond acceptors (Lipinski definition) is 4. The summed E-state index contributed by atoms with van der Waals surface area (Å²) in [5.74, 6) is 1.03. The molecule has 0 saturated carbocycles. The summed E-state index contributed by atoms with van der Waals surface area (Å²) in [4.78, 5) is 0. The summed E-state index contributed by atoms with van der Waals surface area (Å²) >= 11 is 5.94. The number of aromatic nitrogens is 2. The van der Waals surface area contributed by atoms with Crippen LogP contribution in [0.5, 0.6) is 0 Å². The highest BCUT2D eigenvalue weighted by Gasteiger charge is 2.15. The van der Waals surface area contributed by atoms with Crippen LogP contribution in [0, 0.1) is 6.92 Å². The zero-order valence-corrected chi connectivity index (χ0v) is 16.2. The Hall–Kier alpha value is -2.95. The zero-order valence-electron chi connectivity index (χ0n) is 15.5. The molecule has 0 saturated heterocycles. The van der Waals surface area contributed by atoms with E-state index in [9.17, 15) is 0 Å². The third-order valence-electron chi connectivity index (χ3n) is 4.56. The average Bonchev–Trinajstić information content (AvgIpc) is 3.20. The summed E-state index contributed by atoms with van der Waals surface area (Å²) in [5.41, 5.74) is 4.46. The Balaban J connectivity index is 1.53. The number of benzene rings is 3. The van der Waals surface area contributed by atoms with E-state index in [0.717, 1.165) is 5.56 Å². The molecule has 0 aliphatic carbocycles.